The summed E-state index contributed by atoms with van der Waals surface area (Å²) in [6.07, 6.45) is 3.74. The molecule has 0 radical (unpaired) electrons. The van der Waals surface area contributed by atoms with Crippen LogP contribution in [0.3, 0.4) is 0 Å². The quantitative estimate of drug-likeness (QED) is 0.355. The fourth-order valence-electron chi connectivity index (χ4n) is 3.54. The van der Waals surface area contributed by atoms with Crippen LogP contribution >= 0.6 is 24.0 Å². The molecule has 3 rings (SSSR count). The standard InChI is InChI=1S/C21H33N3O3.HI/c1-2-22-21(24-10-6-19(25)7-11-24)23-15-17-4-3-5-18(14-17)16-27-20-8-12-26-13-9-20;/h3-5,14,19-20,25H,2,6-13,15-16H2,1H3,(H,22,23);1H. The van der Waals surface area contributed by atoms with E-state index in [9.17, 15) is 5.11 Å². The third kappa shape index (κ3) is 7.50. The van der Waals surface area contributed by atoms with Gasteiger partial charge in [0, 0.05) is 32.8 Å². The largest absolute Gasteiger partial charge is 0.393 e. The average Bonchev–Trinajstić information content (AvgIpc) is 2.71. The van der Waals surface area contributed by atoms with Crippen molar-refractivity contribution in [2.45, 2.75) is 58.0 Å². The molecule has 0 aliphatic carbocycles. The molecule has 2 heterocycles. The van der Waals surface area contributed by atoms with Crippen molar-refractivity contribution in [1.82, 2.24) is 10.2 Å². The highest BCUT2D eigenvalue weighted by Crippen LogP contribution is 2.15. The van der Waals surface area contributed by atoms with Gasteiger partial charge in [-0.1, -0.05) is 24.3 Å². The molecule has 0 bridgehead atoms. The van der Waals surface area contributed by atoms with Gasteiger partial charge in [-0.05, 0) is 43.7 Å². The van der Waals surface area contributed by atoms with Gasteiger partial charge in [0.2, 0.25) is 0 Å². The van der Waals surface area contributed by atoms with Gasteiger partial charge in [0.15, 0.2) is 5.96 Å². The van der Waals surface area contributed by atoms with Crippen LogP contribution in [0.4, 0.5) is 0 Å². The van der Waals surface area contributed by atoms with Gasteiger partial charge in [-0.2, -0.15) is 0 Å². The van der Waals surface area contributed by atoms with E-state index in [4.69, 9.17) is 14.5 Å². The van der Waals surface area contributed by atoms with Gasteiger partial charge in [-0.15, -0.1) is 24.0 Å². The first-order valence-corrected chi connectivity index (χ1v) is 10.2. The number of likely N-dealkylation sites (tertiary alicyclic amines) is 1. The van der Waals surface area contributed by atoms with Crippen LogP contribution in [0.2, 0.25) is 0 Å². The van der Waals surface area contributed by atoms with Crippen LogP contribution in [0.5, 0.6) is 0 Å². The van der Waals surface area contributed by atoms with E-state index in [0.29, 0.717) is 19.3 Å². The summed E-state index contributed by atoms with van der Waals surface area (Å²) in [5.74, 6) is 0.938. The van der Waals surface area contributed by atoms with E-state index in [-0.39, 0.29) is 30.1 Å². The number of nitrogens with zero attached hydrogens (tertiary/aromatic N) is 2. The van der Waals surface area contributed by atoms with Crippen molar-refractivity contribution in [2.24, 2.45) is 4.99 Å². The average molecular weight is 503 g/mol. The van der Waals surface area contributed by atoms with Crippen molar-refractivity contribution in [1.29, 1.82) is 0 Å². The third-order valence-corrected chi connectivity index (χ3v) is 5.16. The molecule has 1 aromatic rings. The predicted molar refractivity (Wildman–Crippen MR) is 122 cm³/mol. The van der Waals surface area contributed by atoms with Gasteiger partial charge in [0.05, 0.1) is 25.4 Å². The summed E-state index contributed by atoms with van der Waals surface area (Å²) in [4.78, 5) is 7.06. The first-order chi connectivity index (χ1) is 13.2. The number of aliphatic hydroxyl groups excluding tert-OH is 1. The minimum atomic E-state index is -0.170. The molecule has 0 atom stereocenters. The maximum atomic E-state index is 9.72. The first kappa shape index (κ1) is 23.4. The highest BCUT2D eigenvalue weighted by molar-refractivity contribution is 14.0. The number of piperidine rings is 1. The minimum absolute atomic E-state index is 0. The second-order valence-corrected chi connectivity index (χ2v) is 7.33. The minimum Gasteiger partial charge on any atom is -0.393 e. The molecule has 0 amide bonds. The first-order valence-electron chi connectivity index (χ1n) is 10.2. The molecule has 2 aliphatic rings. The zero-order valence-corrected chi connectivity index (χ0v) is 19.1. The van der Waals surface area contributed by atoms with Crippen LogP contribution in [0.25, 0.3) is 0 Å². The van der Waals surface area contributed by atoms with E-state index in [1.165, 1.54) is 11.1 Å². The zero-order valence-electron chi connectivity index (χ0n) is 16.8. The van der Waals surface area contributed by atoms with Gasteiger partial charge < -0.3 is 24.8 Å². The summed E-state index contributed by atoms with van der Waals surface area (Å²) in [5, 5.41) is 13.1. The van der Waals surface area contributed by atoms with E-state index in [1.54, 1.807) is 0 Å². The van der Waals surface area contributed by atoms with E-state index in [0.717, 1.165) is 64.5 Å². The molecule has 0 unspecified atom stereocenters. The van der Waals surface area contributed by atoms with Crippen molar-refractivity contribution < 1.29 is 14.6 Å². The Bertz CT molecular complexity index is 600. The van der Waals surface area contributed by atoms with Gasteiger partial charge in [0.1, 0.15) is 0 Å². The Labute approximate surface area is 185 Å². The van der Waals surface area contributed by atoms with Gasteiger partial charge in [0.25, 0.3) is 0 Å². The van der Waals surface area contributed by atoms with E-state index in [1.807, 2.05) is 0 Å². The van der Waals surface area contributed by atoms with E-state index < -0.39 is 0 Å². The monoisotopic (exact) mass is 503 g/mol. The molecular formula is C21H34IN3O3. The van der Waals surface area contributed by atoms with Crippen molar-refractivity contribution >= 4 is 29.9 Å². The molecule has 0 saturated carbocycles. The Morgan fingerprint density at radius 3 is 2.64 bits per heavy atom. The number of benzene rings is 1. The summed E-state index contributed by atoms with van der Waals surface area (Å²) >= 11 is 0. The lowest BCUT2D eigenvalue weighted by Gasteiger charge is -2.32. The number of aliphatic imine (C=N–C) groups is 1. The van der Waals surface area contributed by atoms with Crippen LogP contribution < -0.4 is 5.32 Å². The number of guanidine groups is 1. The highest BCUT2D eigenvalue weighted by Gasteiger charge is 2.19. The molecule has 2 fully saturated rings. The fourth-order valence-corrected chi connectivity index (χ4v) is 3.54. The molecule has 28 heavy (non-hydrogen) atoms. The maximum Gasteiger partial charge on any atom is 0.194 e. The molecule has 0 spiro atoms. The van der Waals surface area contributed by atoms with Crippen molar-refractivity contribution in [3.05, 3.63) is 35.4 Å². The Morgan fingerprint density at radius 1 is 1.21 bits per heavy atom. The van der Waals surface area contributed by atoms with Crippen molar-refractivity contribution in [3.8, 4) is 0 Å². The highest BCUT2D eigenvalue weighted by atomic mass is 127. The molecular weight excluding hydrogens is 469 g/mol. The smallest absolute Gasteiger partial charge is 0.194 e. The Hall–Kier alpha value is -0.900. The summed E-state index contributed by atoms with van der Waals surface area (Å²) in [5.41, 5.74) is 2.39. The summed E-state index contributed by atoms with van der Waals surface area (Å²) < 4.78 is 11.4. The molecule has 6 nitrogen and oxygen atoms in total. The van der Waals surface area contributed by atoms with Crippen LogP contribution in [0.15, 0.2) is 29.3 Å². The van der Waals surface area contributed by atoms with Crippen LogP contribution in [-0.2, 0) is 22.6 Å². The fraction of sp³-hybridized carbons (Fsp3) is 0.667. The van der Waals surface area contributed by atoms with Gasteiger partial charge in [-0.25, -0.2) is 4.99 Å². The second-order valence-electron chi connectivity index (χ2n) is 7.33. The van der Waals surface area contributed by atoms with E-state index in [2.05, 4.69) is 41.4 Å². The Kier molecular flexibility index (Phi) is 10.5. The second kappa shape index (κ2) is 12.6. The molecule has 2 aliphatic heterocycles. The molecule has 1 aromatic carbocycles. The number of nitrogens with one attached hydrogen (secondary N) is 1. The summed E-state index contributed by atoms with van der Waals surface area (Å²) in [6.45, 7) is 7.54. The van der Waals surface area contributed by atoms with Crippen LogP contribution in [0, 0.1) is 0 Å². The molecule has 0 aromatic heterocycles. The van der Waals surface area contributed by atoms with Gasteiger partial charge >= 0.3 is 0 Å². The normalized spacial score (nSPS) is 19.4. The van der Waals surface area contributed by atoms with Crippen molar-refractivity contribution in [2.75, 3.05) is 32.8 Å². The van der Waals surface area contributed by atoms with Crippen LogP contribution in [-0.4, -0.2) is 61.0 Å². The molecule has 2 saturated heterocycles. The number of aliphatic hydroxyl groups is 1. The topological polar surface area (TPSA) is 66.3 Å². The number of rotatable bonds is 6. The predicted octanol–water partition coefficient (Wildman–Crippen LogP) is 2.92. The summed E-state index contributed by atoms with van der Waals surface area (Å²) in [7, 11) is 0. The number of halogens is 1. The molecule has 158 valence electrons. The Balaban J connectivity index is 0.00000280. The van der Waals surface area contributed by atoms with Gasteiger partial charge in [-0.3, -0.25) is 0 Å². The number of hydrogen-bond donors (Lipinski definition) is 2. The number of ether oxygens (including phenoxy) is 2. The maximum absolute atomic E-state index is 9.72. The Morgan fingerprint density at radius 2 is 1.93 bits per heavy atom. The number of hydrogen-bond acceptors (Lipinski definition) is 4. The lowest BCUT2D eigenvalue weighted by Crippen LogP contribution is -2.46. The third-order valence-electron chi connectivity index (χ3n) is 5.16. The SMILES string of the molecule is CCNC(=NCc1cccc(COC2CCOCC2)c1)N1CCC(O)CC1.I. The lowest BCUT2D eigenvalue weighted by molar-refractivity contribution is -0.0390. The van der Waals surface area contributed by atoms with Crippen LogP contribution in [0.1, 0.15) is 43.7 Å². The molecule has 7 heteroatoms. The zero-order chi connectivity index (χ0) is 18.9. The lowest BCUT2D eigenvalue weighted by atomic mass is 10.1. The van der Waals surface area contributed by atoms with Crippen molar-refractivity contribution in [3.63, 3.8) is 0 Å². The molecule has 2 N–H and O–H groups in total. The van der Waals surface area contributed by atoms with E-state index >= 15 is 0 Å². The summed E-state index contributed by atoms with van der Waals surface area (Å²) in [6, 6.07) is 8.50.